The molecule has 2 atom stereocenters. The summed E-state index contributed by atoms with van der Waals surface area (Å²) in [5.74, 6) is -0.180. The highest BCUT2D eigenvalue weighted by atomic mass is 16.3. The maximum Gasteiger partial charge on any atom is 0.246 e. The lowest BCUT2D eigenvalue weighted by molar-refractivity contribution is -0.117. The number of carbonyl (C=O) groups is 1. The van der Waals surface area contributed by atoms with E-state index >= 15 is 0 Å². The van der Waals surface area contributed by atoms with Gasteiger partial charge in [0, 0.05) is 12.6 Å². The van der Waals surface area contributed by atoms with Crippen molar-refractivity contribution in [3.63, 3.8) is 0 Å². The number of hydrogen-bond donors (Lipinski definition) is 3. The summed E-state index contributed by atoms with van der Waals surface area (Å²) in [4.78, 5) is 11.0. The first-order chi connectivity index (χ1) is 5.65. The zero-order chi connectivity index (χ0) is 9.14. The van der Waals surface area contributed by atoms with Crippen LogP contribution in [0.15, 0.2) is 11.6 Å². The van der Waals surface area contributed by atoms with E-state index in [0.717, 1.165) is 0 Å². The van der Waals surface area contributed by atoms with Crippen LogP contribution in [0.5, 0.6) is 0 Å². The van der Waals surface area contributed by atoms with E-state index < -0.39 is 12.2 Å². The summed E-state index contributed by atoms with van der Waals surface area (Å²) in [6, 6.07) is 0. The average molecular weight is 171 g/mol. The summed E-state index contributed by atoms with van der Waals surface area (Å²) in [5, 5.41) is 20.8. The number of nitrogens with one attached hydrogen (secondary N) is 1. The van der Waals surface area contributed by atoms with Crippen LogP contribution in [0, 0.1) is 0 Å². The lowest BCUT2D eigenvalue weighted by Gasteiger charge is -2.21. The molecule has 0 aromatic rings. The normalized spacial score (nSPS) is 29.4. The molecule has 1 amide bonds. The van der Waals surface area contributed by atoms with E-state index in [1.165, 1.54) is 6.08 Å². The molecule has 0 saturated heterocycles. The van der Waals surface area contributed by atoms with Gasteiger partial charge in [-0.2, -0.15) is 0 Å². The van der Waals surface area contributed by atoms with Crippen LogP contribution in [0.2, 0.25) is 0 Å². The Morgan fingerprint density at radius 3 is 2.83 bits per heavy atom. The lowest BCUT2D eigenvalue weighted by atomic mass is 9.94. The smallest absolute Gasteiger partial charge is 0.246 e. The summed E-state index contributed by atoms with van der Waals surface area (Å²) in [7, 11) is 1.54. The van der Waals surface area contributed by atoms with Gasteiger partial charge in [-0.05, 0) is 18.9 Å². The van der Waals surface area contributed by atoms with Gasteiger partial charge in [-0.3, -0.25) is 4.79 Å². The molecular weight excluding hydrogens is 158 g/mol. The Balaban J connectivity index is 2.68. The largest absolute Gasteiger partial charge is 0.390 e. The molecule has 0 aromatic carbocycles. The maximum absolute atomic E-state index is 11.0. The maximum atomic E-state index is 11.0. The predicted molar refractivity (Wildman–Crippen MR) is 43.4 cm³/mol. The van der Waals surface area contributed by atoms with Crippen LogP contribution < -0.4 is 5.32 Å². The first kappa shape index (κ1) is 9.22. The van der Waals surface area contributed by atoms with Crippen molar-refractivity contribution in [3.8, 4) is 0 Å². The van der Waals surface area contributed by atoms with Crippen LogP contribution in [0.25, 0.3) is 0 Å². The van der Waals surface area contributed by atoms with E-state index in [0.29, 0.717) is 18.4 Å². The fraction of sp³-hybridized carbons (Fsp3) is 0.625. The van der Waals surface area contributed by atoms with Gasteiger partial charge >= 0.3 is 0 Å². The first-order valence-corrected chi connectivity index (χ1v) is 3.94. The van der Waals surface area contributed by atoms with Crippen molar-refractivity contribution in [2.45, 2.75) is 25.0 Å². The SMILES string of the molecule is CNC(=O)C1=CC(O)C(O)CC1. The minimum Gasteiger partial charge on any atom is -0.390 e. The molecule has 0 heterocycles. The van der Waals surface area contributed by atoms with Crippen molar-refractivity contribution < 1.29 is 15.0 Å². The molecule has 1 aliphatic carbocycles. The molecule has 0 spiro atoms. The van der Waals surface area contributed by atoms with Gasteiger partial charge in [-0.15, -0.1) is 0 Å². The Morgan fingerprint density at radius 1 is 1.67 bits per heavy atom. The van der Waals surface area contributed by atoms with Crippen molar-refractivity contribution in [1.82, 2.24) is 5.32 Å². The van der Waals surface area contributed by atoms with Crippen molar-refractivity contribution >= 4 is 5.91 Å². The fourth-order valence-electron chi connectivity index (χ4n) is 1.22. The highest BCUT2D eigenvalue weighted by Crippen LogP contribution is 2.18. The molecule has 4 heteroatoms. The second kappa shape index (κ2) is 3.69. The van der Waals surface area contributed by atoms with Crippen LogP contribution >= 0.6 is 0 Å². The predicted octanol–water partition coefficient (Wildman–Crippen LogP) is -0.826. The van der Waals surface area contributed by atoms with Gasteiger partial charge in [0.2, 0.25) is 5.91 Å². The number of hydrogen-bond acceptors (Lipinski definition) is 3. The fourth-order valence-corrected chi connectivity index (χ4v) is 1.22. The van der Waals surface area contributed by atoms with E-state index in [-0.39, 0.29) is 5.91 Å². The monoisotopic (exact) mass is 171 g/mol. The second-order valence-corrected chi connectivity index (χ2v) is 2.87. The van der Waals surface area contributed by atoms with Crippen LogP contribution in [-0.4, -0.2) is 35.4 Å². The molecule has 1 rings (SSSR count). The number of likely N-dealkylation sites (N-methyl/N-ethyl adjacent to an activating group) is 1. The molecule has 0 radical (unpaired) electrons. The van der Waals surface area contributed by atoms with Gasteiger partial charge in [0.1, 0.15) is 0 Å². The number of carbonyl (C=O) groups excluding carboxylic acids is 1. The van der Waals surface area contributed by atoms with Crippen molar-refractivity contribution in [1.29, 1.82) is 0 Å². The molecule has 4 nitrogen and oxygen atoms in total. The zero-order valence-electron chi connectivity index (χ0n) is 6.95. The Kier molecular flexibility index (Phi) is 2.83. The van der Waals surface area contributed by atoms with Crippen LogP contribution in [0.4, 0.5) is 0 Å². The molecule has 0 saturated carbocycles. The molecule has 0 fully saturated rings. The highest BCUT2D eigenvalue weighted by Gasteiger charge is 2.22. The third-order valence-electron chi connectivity index (χ3n) is 1.99. The highest BCUT2D eigenvalue weighted by molar-refractivity contribution is 5.93. The minimum atomic E-state index is -0.897. The van der Waals surface area contributed by atoms with Crippen molar-refractivity contribution in [2.24, 2.45) is 0 Å². The van der Waals surface area contributed by atoms with Gasteiger partial charge in [0.15, 0.2) is 0 Å². The molecular formula is C8H13NO3. The van der Waals surface area contributed by atoms with E-state index in [4.69, 9.17) is 5.11 Å². The summed E-state index contributed by atoms with van der Waals surface area (Å²) in [5.41, 5.74) is 0.551. The Morgan fingerprint density at radius 2 is 2.33 bits per heavy atom. The third kappa shape index (κ3) is 1.84. The minimum absolute atomic E-state index is 0.180. The molecule has 12 heavy (non-hydrogen) atoms. The van der Waals surface area contributed by atoms with E-state index in [9.17, 15) is 9.90 Å². The van der Waals surface area contributed by atoms with Crippen LogP contribution in [-0.2, 0) is 4.79 Å². The van der Waals surface area contributed by atoms with Gasteiger partial charge in [0.25, 0.3) is 0 Å². The summed E-state index contributed by atoms with van der Waals surface area (Å²) >= 11 is 0. The number of aliphatic hydroxyl groups is 2. The van der Waals surface area contributed by atoms with E-state index in [1.807, 2.05) is 0 Å². The second-order valence-electron chi connectivity index (χ2n) is 2.87. The molecule has 3 N–H and O–H groups in total. The Hall–Kier alpha value is -0.870. The summed E-state index contributed by atoms with van der Waals surface area (Å²) < 4.78 is 0. The van der Waals surface area contributed by atoms with E-state index in [2.05, 4.69) is 5.32 Å². The number of rotatable bonds is 1. The molecule has 68 valence electrons. The van der Waals surface area contributed by atoms with Gasteiger partial charge in [-0.1, -0.05) is 0 Å². The quantitative estimate of drug-likeness (QED) is 0.482. The molecule has 0 aromatic heterocycles. The number of aliphatic hydroxyl groups excluding tert-OH is 2. The average Bonchev–Trinajstić information content (AvgIpc) is 2.08. The van der Waals surface area contributed by atoms with Crippen molar-refractivity contribution in [3.05, 3.63) is 11.6 Å². The standard InChI is InChI=1S/C8H13NO3/c1-9-8(12)5-2-3-6(10)7(11)4-5/h4,6-7,10-11H,2-3H2,1H3,(H,9,12). The van der Waals surface area contributed by atoms with Gasteiger partial charge < -0.3 is 15.5 Å². The van der Waals surface area contributed by atoms with Gasteiger partial charge in [0.05, 0.1) is 12.2 Å². The lowest BCUT2D eigenvalue weighted by Crippen LogP contribution is -2.31. The Bertz CT molecular complexity index is 212. The molecule has 1 aliphatic rings. The molecule has 0 aliphatic heterocycles. The summed E-state index contributed by atoms with van der Waals surface area (Å²) in [6.07, 6.45) is 0.759. The third-order valence-corrected chi connectivity index (χ3v) is 1.99. The number of amides is 1. The Labute approximate surface area is 70.9 Å². The van der Waals surface area contributed by atoms with Gasteiger partial charge in [-0.25, -0.2) is 0 Å². The van der Waals surface area contributed by atoms with Crippen LogP contribution in [0.1, 0.15) is 12.8 Å². The van der Waals surface area contributed by atoms with E-state index in [1.54, 1.807) is 7.05 Å². The van der Waals surface area contributed by atoms with Crippen molar-refractivity contribution in [2.75, 3.05) is 7.05 Å². The first-order valence-electron chi connectivity index (χ1n) is 3.94. The van der Waals surface area contributed by atoms with Crippen LogP contribution in [0.3, 0.4) is 0 Å². The summed E-state index contributed by atoms with van der Waals surface area (Å²) in [6.45, 7) is 0. The topological polar surface area (TPSA) is 69.6 Å². The molecule has 2 unspecified atom stereocenters. The zero-order valence-corrected chi connectivity index (χ0v) is 6.95. The molecule has 0 bridgehead atoms.